The van der Waals surface area contributed by atoms with Crippen molar-refractivity contribution in [1.82, 2.24) is 14.7 Å². The topological polar surface area (TPSA) is 105 Å². The molecule has 0 radical (unpaired) electrons. The highest BCUT2D eigenvalue weighted by Crippen LogP contribution is 2.19. The third kappa shape index (κ3) is 14.6. The van der Waals surface area contributed by atoms with Crippen LogP contribution >= 0.6 is 22.9 Å². The predicted octanol–water partition coefficient (Wildman–Crippen LogP) is 6.04. The molecule has 8 nitrogen and oxygen atoms in total. The van der Waals surface area contributed by atoms with E-state index < -0.39 is 0 Å². The van der Waals surface area contributed by atoms with Crippen molar-refractivity contribution in [2.24, 2.45) is 5.73 Å². The first-order valence-electron chi connectivity index (χ1n) is 12.0. The van der Waals surface area contributed by atoms with Gasteiger partial charge < -0.3 is 21.3 Å². The first-order chi connectivity index (χ1) is 17.6. The third-order valence-electron chi connectivity index (χ3n) is 4.28. The quantitative estimate of drug-likeness (QED) is 0.342. The Labute approximate surface area is 225 Å². The molecule has 202 valence electrons. The number of nitrogens with one attached hydrogen (secondary N) is 2. The summed E-state index contributed by atoms with van der Waals surface area (Å²) >= 11 is 7.09. The molecular formula is C26H43ClN6O2S. The molecule has 0 saturated carbocycles. The largest absolute Gasteiger partial charge is 0.386 e. The number of para-hydroxylation sites is 1. The van der Waals surface area contributed by atoms with Crippen molar-refractivity contribution >= 4 is 47.0 Å². The molecule has 10 heteroatoms. The molecule has 36 heavy (non-hydrogen) atoms. The number of hydrogen-bond acceptors (Lipinski definition) is 7. The van der Waals surface area contributed by atoms with Crippen molar-refractivity contribution in [3.8, 4) is 5.69 Å². The molecular weight excluding hydrogens is 496 g/mol. The Bertz CT molecular complexity index is 927. The van der Waals surface area contributed by atoms with Crippen LogP contribution in [-0.2, 0) is 4.79 Å². The van der Waals surface area contributed by atoms with E-state index in [9.17, 15) is 9.59 Å². The van der Waals surface area contributed by atoms with Gasteiger partial charge in [0.2, 0.25) is 6.41 Å². The summed E-state index contributed by atoms with van der Waals surface area (Å²) in [6.07, 6.45) is 7.87. The van der Waals surface area contributed by atoms with Gasteiger partial charge >= 0.3 is 0 Å². The minimum absolute atomic E-state index is 0.551. The van der Waals surface area contributed by atoms with Gasteiger partial charge in [-0.05, 0) is 58.2 Å². The van der Waals surface area contributed by atoms with Crippen LogP contribution in [0.2, 0.25) is 5.02 Å². The minimum Gasteiger partial charge on any atom is -0.386 e. The fourth-order valence-electron chi connectivity index (χ4n) is 2.63. The number of benzene rings is 1. The Hall–Kier alpha value is -2.72. The number of carbonyl (C=O) groups is 2. The number of aldehydes is 1. The number of hydrogen-bond donors (Lipinski definition) is 3. The Morgan fingerprint density at radius 2 is 1.69 bits per heavy atom. The van der Waals surface area contributed by atoms with E-state index in [1.165, 1.54) is 44.3 Å². The van der Waals surface area contributed by atoms with Gasteiger partial charge in [-0.25, -0.2) is 4.68 Å². The van der Waals surface area contributed by atoms with Crippen molar-refractivity contribution in [1.29, 1.82) is 0 Å². The number of likely N-dealkylation sites (tertiary alicyclic amines) is 1. The zero-order chi connectivity index (χ0) is 27.8. The van der Waals surface area contributed by atoms with E-state index in [1.807, 2.05) is 52.4 Å². The Balaban J connectivity index is 0. The fraction of sp³-hybridized carbons (Fsp3) is 0.423. The van der Waals surface area contributed by atoms with Crippen LogP contribution in [0.15, 0.2) is 48.1 Å². The summed E-state index contributed by atoms with van der Waals surface area (Å²) < 4.78 is 1.73. The third-order valence-corrected chi connectivity index (χ3v) is 5.45. The molecule has 3 aromatic rings. The summed E-state index contributed by atoms with van der Waals surface area (Å²) in [5, 5.41) is 12.1. The van der Waals surface area contributed by atoms with E-state index in [1.54, 1.807) is 35.1 Å². The molecule has 1 aromatic carbocycles. The van der Waals surface area contributed by atoms with Gasteiger partial charge in [-0.15, -0.1) is 11.3 Å². The zero-order valence-corrected chi connectivity index (χ0v) is 24.2. The molecule has 4 N–H and O–H groups in total. The second kappa shape index (κ2) is 24.0. The highest BCUT2D eigenvalue weighted by molar-refractivity contribution is 7.12. The van der Waals surface area contributed by atoms with Crippen molar-refractivity contribution in [3.63, 3.8) is 0 Å². The molecule has 4 rings (SSSR count). The molecule has 1 saturated heterocycles. The summed E-state index contributed by atoms with van der Waals surface area (Å²) in [6.45, 7) is 10.6. The first kappa shape index (κ1) is 35.4. The van der Waals surface area contributed by atoms with Crippen LogP contribution in [0.4, 0.5) is 11.4 Å². The number of nitrogens with zero attached hydrogens (tertiary/aromatic N) is 3. The van der Waals surface area contributed by atoms with Crippen molar-refractivity contribution in [2.45, 2.75) is 40.5 Å². The lowest BCUT2D eigenvalue weighted by molar-refractivity contribution is -0.105. The van der Waals surface area contributed by atoms with Crippen molar-refractivity contribution in [3.05, 3.63) is 58.0 Å². The second-order valence-electron chi connectivity index (χ2n) is 6.50. The van der Waals surface area contributed by atoms with Crippen LogP contribution in [0.1, 0.15) is 50.2 Å². The minimum atomic E-state index is 0.551. The highest BCUT2D eigenvalue weighted by Gasteiger charge is 2.03. The molecule has 3 heterocycles. The normalized spacial score (nSPS) is 11.1. The average molecular weight is 539 g/mol. The van der Waals surface area contributed by atoms with Crippen LogP contribution in [0.3, 0.4) is 0 Å². The highest BCUT2D eigenvalue weighted by atomic mass is 35.5. The van der Waals surface area contributed by atoms with Gasteiger partial charge in [-0.3, -0.25) is 9.59 Å². The summed E-state index contributed by atoms with van der Waals surface area (Å²) in [4.78, 5) is 23.5. The Kier molecular flexibility index (Phi) is 23.6. The number of rotatable bonds is 5. The van der Waals surface area contributed by atoms with Crippen molar-refractivity contribution < 1.29 is 9.59 Å². The maximum atomic E-state index is 10.5. The van der Waals surface area contributed by atoms with E-state index in [0.717, 1.165) is 17.7 Å². The molecule has 0 bridgehead atoms. The molecule has 0 spiro atoms. The number of nitrogens with two attached hydrogens (primary N) is 1. The smallest absolute Gasteiger partial charge is 0.211 e. The van der Waals surface area contributed by atoms with Gasteiger partial charge in [-0.2, -0.15) is 5.10 Å². The lowest BCUT2D eigenvalue weighted by Crippen LogP contribution is -2.10. The van der Waals surface area contributed by atoms with E-state index >= 15 is 0 Å². The monoisotopic (exact) mass is 538 g/mol. The molecule has 0 atom stereocenters. The number of amides is 1. The molecule has 0 aliphatic carbocycles. The van der Waals surface area contributed by atoms with Crippen LogP contribution in [0.25, 0.3) is 5.69 Å². The number of aromatic nitrogens is 2. The number of halogens is 1. The number of carbonyl (C=O) groups excluding carboxylic acids is 2. The number of anilines is 2. The van der Waals surface area contributed by atoms with Gasteiger partial charge in [0, 0.05) is 12.4 Å². The van der Waals surface area contributed by atoms with Crippen LogP contribution < -0.4 is 16.4 Å². The van der Waals surface area contributed by atoms with E-state index in [-0.39, 0.29) is 0 Å². The maximum absolute atomic E-state index is 10.5. The molecule has 1 amide bonds. The van der Waals surface area contributed by atoms with Gasteiger partial charge in [0.1, 0.15) is 0 Å². The zero-order valence-electron chi connectivity index (χ0n) is 22.6. The lowest BCUT2D eigenvalue weighted by atomic mass is 10.3. The standard InChI is InChI=1S/C9H9N3OS.C7H6ClNO.C5H11N.2C2H6.CH5N/c1-10-7-3-11-12(4-7)8-2-9(5-13)14-6-8;8-6-3-1-2-4-7(6)9-5-10;1-6-4-2-3-5-6;3*1-2/h2-6,10H,1H3;1-5H,(H,9,10);2-5H2,1H3;2*1-2H3;2H2,1H3. The summed E-state index contributed by atoms with van der Waals surface area (Å²) in [7, 11) is 5.51. The summed E-state index contributed by atoms with van der Waals surface area (Å²) in [5.74, 6) is 0. The van der Waals surface area contributed by atoms with E-state index in [0.29, 0.717) is 22.0 Å². The lowest BCUT2D eigenvalue weighted by Gasteiger charge is -2.01. The average Bonchev–Trinajstić information content (AvgIpc) is 3.72. The molecule has 1 aliphatic rings. The summed E-state index contributed by atoms with van der Waals surface area (Å²) in [6, 6.07) is 8.87. The molecule has 1 fully saturated rings. The molecule has 1 aliphatic heterocycles. The van der Waals surface area contributed by atoms with Crippen LogP contribution in [-0.4, -0.2) is 61.6 Å². The van der Waals surface area contributed by atoms with E-state index in [4.69, 9.17) is 11.6 Å². The Morgan fingerprint density at radius 1 is 1.08 bits per heavy atom. The first-order valence-corrected chi connectivity index (χ1v) is 13.3. The SMILES string of the molecule is CC.CC.CN.CN1CCCC1.CNc1cnn(-c2csc(C=O)c2)c1.O=CNc1ccccc1Cl. The summed E-state index contributed by atoms with van der Waals surface area (Å²) in [5.41, 5.74) is 7.00. The second-order valence-corrected chi connectivity index (χ2v) is 7.85. The fourth-order valence-corrected chi connectivity index (χ4v) is 3.50. The number of thiophene rings is 1. The predicted molar refractivity (Wildman–Crippen MR) is 157 cm³/mol. The molecule has 0 unspecified atom stereocenters. The van der Waals surface area contributed by atoms with Gasteiger partial charge in [0.05, 0.1) is 39.4 Å². The van der Waals surface area contributed by atoms with Crippen LogP contribution in [0, 0.1) is 0 Å². The maximum Gasteiger partial charge on any atom is 0.211 e. The van der Waals surface area contributed by atoms with Gasteiger partial charge in [0.25, 0.3) is 0 Å². The van der Waals surface area contributed by atoms with Crippen LogP contribution in [0.5, 0.6) is 0 Å². The van der Waals surface area contributed by atoms with Crippen molar-refractivity contribution in [2.75, 3.05) is 44.9 Å². The molecule has 2 aromatic heterocycles. The Morgan fingerprint density at radius 3 is 2.11 bits per heavy atom. The van der Waals surface area contributed by atoms with Gasteiger partial charge in [-0.1, -0.05) is 51.4 Å². The van der Waals surface area contributed by atoms with E-state index in [2.05, 4.69) is 33.4 Å². The van der Waals surface area contributed by atoms with Gasteiger partial charge in [0.15, 0.2) is 6.29 Å².